The van der Waals surface area contributed by atoms with Crippen LogP contribution in [0.15, 0.2) is 6.20 Å². The van der Waals surface area contributed by atoms with E-state index in [0.717, 1.165) is 28.8 Å². The minimum atomic E-state index is -3.23. The molecule has 1 spiro atoms. The van der Waals surface area contributed by atoms with E-state index in [-0.39, 0.29) is 29.1 Å². The number of rotatable bonds is 5. The summed E-state index contributed by atoms with van der Waals surface area (Å²) in [5.74, 6) is -0.114. The van der Waals surface area contributed by atoms with Crippen molar-refractivity contribution in [2.24, 2.45) is 5.92 Å². The molecule has 1 N–H and O–H groups in total. The summed E-state index contributed by atoms with van der Waals surface area (Å²) in [5, 5.41) is 3.28. The van der Waals surface area contributed by atoms with Gasteiger partial charge in [0.2, 0.25) is 16.0 Å². The molecule has 8 nitrogen and oxygen atoms in total. The molecule has 2 aromatic rings. The Kier molecular flexibility index (Phi) is 5.55. The molecule has 4 heterocycles. The van der Waals surface area contributed by atoms with Crippen molar-refractivity contribution in [3.63, 3.8) is 0 Å². The fraction of sp³-hybridized carbons (Fsp3) is 0.571. The Labute approximate surface area is 198 Å². The molecule has 2 aromatic heterocycles. The molecule has 2 aliphatic heterocycles. The zero-order chi connectivity index (χ0) is 23.7. The highest BCUT2D eigenvalue weighted by Crippen LogP contribution is 2.63. The van der Waals surface area contributed by atoms with E-state index < -0.39 is 15.8 Å². The van der Waals surface area contributed by atoms with E-state index in [4.69, 9.17) is 0 Å². The van der Waals surface area contributed by atoms with Crippen molar-refractivity contribution < 1.29 is 17.6 Å². The van der Waals surface area contributed by atoms with Crippen LogP contribution in [0.2, 0.25) is 0 Å². The van der Waals surface area contributed by atoms with Crippen LogP contribution in [0.4, 0.5) is 10.3 Å². The van der Waals surface area contributed by atoms with Crippen LogP contribution in [0.5, 0.6) is 0 Å². The van der Waals surface area contributed by atoms with Gasteiger partial charge >= 0.3 is 0 Å². The fourth-order valence-electron chi connectivity index (χ4n) is 5.00. The standard InChI is InChI=1S/C21H27FN5O3PS2/c1-11-10-26(33(4,29)30)8-5-14(11)24-20-23-9-13(22)16(25-20)17-12(2)15-18(32-17)21(6-7-21)27(31-3)19(15)28/h9,11,14,31H,5-8,10H2,1-4H3,(H,23,24,25)/t11-,14+/m1/s1. The van der Waals surface area contributed by atoms with Crippen molar-refractivity contribution in [1.82, 2.24) is 18.9 Å². The number of carbonyl (C=O) groups excluding carboxylic acids is 1. The maximum absolute atomic E-state index is 14.9. The van der Waals surface area contributed by atoms with Crippen molar-refractivity contribution in [2.75, 3.05) is 31.3 Å². The van der Waals surface area contributed by atoms with Gasteiger partial charge in [-0.15, -0.1) is 11.3 Å². The van der Waals surface area contributed by atoms with Gasteiger partial charge in [-0.1, -0.05) is 6.92 Å². The molecule has 1 saturated heterocycles. The van der Waals surface area contributed by atoms with Crippen LogP contribution < -0.4 is 5.32 Å². The van der Waals surface area contributed by atoms with E-state index in [9.17, 15) is 17.6 Å². The predicted octanol–water partition coefficient (Wildman–Crippen LogP) is 3.40. The predicted molar refractivity (Wildman–Crippen MR) is 129 cm³/mol. The average molecular weight is 512 g/mol. The molecule has 0 radical (unpaired) electrons. The first-order valence-corrected chi connectivity index (χ1v) is 15.1. The molecular formula is C21H27FN5O3PS2. The SMILES string of the molecule is CPN1C(=O)c2c(sc(-c3nc(N[C@H]4CCN(S(C)(=O)=O)C[C@H]4C)ncc3F)c2C)C12CC2. The maximum Gasteiger partial charge on any atom is 0.259 e. The Morgan fingerprint density at radius 3 is 2.70 bits per heavy atom. The minimum Gasteiger partial charge on any atom is -0.351 e. The first-order valence-electron chi connectivity index (χ1n) is 11.0. The molecule has 1 aliphatic carbocycles. The van der Waals surface area contributed by atoms with Crippen LogP contribution in [0.25, 0.3) is 10.6 Å². The molecule has 2 fully saturated rings. The van der Waals surface area contributed by atoms with Crippen LogP contribution in [-0.4, -0.2) is 65.3 Å². The second-order valence-corrected chi connectivity index (χ2v) is 13.1. The van der Waals surface area contributed by atoms with Crippen molar-refractivity contribution >= 4 is 41.9 Å². The number of carbonyl (C=O) groups is 1. The quantitative estimate of drug-likeness (QED) is 0.619. The number of anilines is 1. The summed E-state index contributed by atoms with van der Waals surface area (Å²) >= 11 is 1.48. The van der Waals surface area contributed by atoms with Gasteiger partial charge in [0.1, 0.15) is 5.69 Å². The van der Waals surface area contributed by atoms with Crippen LogP contribution >= 0.6 is 20.1 Å². The molecular weight excluding hydrogens is 484 g/mol. The number of nitrogens with zero attached hydrogens (tertiary/aromatic N) is 4. The van der Waals surface area contributed by atoms with Crippen molar-refractivity contribution in [3.8, 4) is 10.6 Å². The summed E-state index contributed by atoms with van der Waals surface area (Å²) in [5.41, 5.74) is 1.52. The third-order valence-electron chi connectivity index (χ3n) is 6.97. The van der Waals surface area contributed by atoms with Gasteiger partial charge in [0.15, 0.2) is 5.82 Å². The molecule has 0 aromatic carbocycles. The fourth-order valence-corrected chi connectivity index (χ4v) is 8.63. The van der Waals surface area contributed by atoms with Gasteiger partial charge < -0.3 is 9.99 Å². The van der Waals surface area contributed by atoms with Crippen molar-refractivity contribution in [1.29, 1.82) is 0 Å². The minimum absolute atomic E-state index is 0.0221. The largest absolute Gasteiger partial charge is 0.351 e. The second kappa shape index (κ2) is 7.93. The Balaban J connectivity index is 1.43. The number of hydrogen-bond acceptors (Lipinski definition) is 7. The highest BCUT2D eigenvalue weighted by atomic mass is 32.2. The zero-order valence-electron chi connectivity index (χ0n) is 19.0. The smallest absolute Gasteiger partial charge is 0.259 e. The summed E-state index contributed by atoms with van der Waals surface area (Å²) in [4.78, 5) is 23.4. The molecule has 12 heteroatoms. The number of thiophene rings is 1. The highest BCUT2D eigenvalue weighted by Gasteiger charge is 2.59. The van der Waals surface area contributed by atoms with E-state index in [2.05, 4.69) is 15.3 Å². The number of nitrogens with one attached hydrogen (secondary N) is 1. The third-order valence-corrected chi connectivity index (χ3v) is 10.8. The van der Waals surface area contributed by atoms with Crippen molar-refractivity contribution in [3.05, 3.63) is 28.0 Å². The lowest BCUT2D eigenvalue weighted by Gasteiger charge is -2.35. The topological polar surface area (TPSA) is 95.5 Å². The number of amides is 1. The monoisotopic (exact) mass is 511 g/mol. The van der Waals surface area contributed by atoms with Crippen LogP contribution in [0, 0.1) is 18.7 Å². The molecule has 1 saturated carbocycles. The number of fused-ring (bicyclic) bond motifs is 2. The molecule has 178 valence electrons. The second-order valence-electron chi connectivity index (χ2n) is 9.18. The van der Waals surface area contributed by atoms with E-state index in [1.807, 2.05) is 25.2 Å². The lowest BCUT2D eigenvalue weighted by Crippen LogP contribution is -2.47. The summed E-state index contributed by atoms with van der Waals surface area (Å²) < 4.78 is 42.0. The molecule has 5 rings (SSSR count). The maximum atomic E-state index is 14.9. The zero-order valence-corrected chi connectivity index (χ0v) is 21.6. The van der Waals surface area contributed by atoms with E-state index in [0.29, 0.717) is 39.1 Å². The Bertz CT molecular complexity index is 1250. The lowest BCUT2D eigenvalue weighted by molar-refractivity contribution is 0.0851. The average Bonchev–Trinajstić information content (AvgIpc) is 3.41. The normalized spacial score (nSPS) is 24.8. The Morgan fingerprint density at radius 1 is 1.36 bits per heavy atom. The molecule has 3 atom stereocenters. The van der Waals surface area contributed by atoms with Gasteiger partial charge in [-0.3, -0.25) is 4.79 Å². The van der Waals surface area contributed by atoms with Crippen molar-refractivity contribution in [2.45, 2.75) is 44.7 Å². The van der Waals surface area contributed by atoms with Crippen LogP contribution in [-0.2, 0) is 15.6 Å². The van der Waals surface area contributed by atoms with E-state index in [1.54, 1.807) is 0 Å². The van der Waals surface area contributed by atoms with Gasteiger partial charge in [-0.05, 0) is 53.1 Å². The van der Waals surface area contributed by atoms with Crippen LogP contribution in [0.3, 0.4) is 0 Å². The summed E-state index contributed by atoms with van der Waals surface area (Å²) in [6.07, 6.45) is 4.91. The van der Waals surface area contributed by atoms with Gasteiger partial charge in [-0.2, -0.15) is 0 Å². The molecule has 1 unspecified atom stereocenters. The van der Waals surface area contributed by atoms with E-state index >= 15 is 0 Å². The van der Waals surface area contributed by atoms with Gasteiger partial charge in [0.05, 0.1) is 28.4 Å². The molecule has 0 bridgehead atoms. The third kappa shape index (κ3) is 3.68. The number of halogens is 1. The van der Waals surface area contributed by atoms with Gasteiger partial charge in [0.25, 0.3) is 5.91 Å². The first kappa shape index (κ1) is 23.1. The number of piperidine rings is 1. The Hall–Kier alpha value is -1.68. The molecule has 3 aliphatic rings. The molecule has 1 amide bonds. The number of sulfonamides is 1. The van der Waals surface area contributed by atoms with E-state index in [1.165, 1.54) is 28.1 Å². The first-order chi connectivity index (χ1) is 15.6. The number of hydrogen-bond donors (Lipinski definition) is 1. The lowest BCUT2D eigenvalue weighted by atomic mass is 9.95. The summed E-state index contributed by atoms with van der Waals surface area (Å²) in [6, 6.07) is -0.0221. The van der Waals surface area contributed by atoms with Gasteiger partial charge in [0, 0.05) is 24.0 Å². The highest BCUT2D eigenvalue weighted by molar-refractivity contribution is 7.88. The Morgan fingerprint density at radius 2 is 2.09 bits per heavy atom. The summed E-state index contributed by atoms with van der Waals surface area (Å²) in [6.45, 7) is 6.71. The van der Waals surface area contributed by atoms with Gasteiger partial charge in [-0.25, -0.2) is 27.1 Å². The number of aromatic nitrogens is 2. The molecule has 33 heavy (non-hydrogen) atoms. The van der Waals surface area contributed by atoms with Crippen LogP contribution in [0.1, 0.15) is 47.0 Å². The summed E-state index contributed by atoms with van der Waals surface area (Å²) in [7, 11) is -2.82.